The predicted octanol–water partition coefficient (Wildman–Crippen LogP) is 2.82. The smallest absolute Gasteiger partial charge is 0.227 e. The first-order chi connectivity index (χ1) is 12.2. The number of benzene rings is 2. The molecule has 1 amide bonds. The zero-order chi connectivity index (χ0) is 17.6. The van der Waals surface area contributed by atoms with E-state index in [4.69, 9.17) is 4.74 Å². The molecule has 7 nitrogen and oxygen atoms in total. The highest BCUT2D eigenvalue weighted by Crippen LogP contribution is 2.25. The molecule has 0 aliphatic heterocycles. The van der Waals surface area contributed by atoms with E-state index >= 15 is 0 Å². The molecule has 0 aliphatic carbocycles. The normalized spacial score (nSPS) is 10.5. The second-order valence-electron chi connectivity index (χ2n) is 5.47. The van der Waals surface area contributed by atoms with Gasteiger partial charge in [0, 0.05) is 17.7 Å². The van der Waals surface area contributed by atoms with E-state index < -0.39 is 0 Å². The summed E-state index contributed by atoms with van der Waals surface area (Å²) in [6.45, 7) is 2.31. The van der Waals surface area contributed by atoms with Gasteiger partial charge in [-0.1, -0.05) is 31.2 Å². The van der Waals surface area contributed by atoms with Crippen LogP contribution in [0.2, 0.25) is 0 Å². The molecule has 0 aliphatic rings. The monoisotopic (exact) mass is 337 g/mol. The van der Waals surface area contributed by atoms with Crippen LogP contribution in [0.3, 0.4) is 0 Å². The molecule has 128 valence electrons. The minimum Gasteiger partial charge on any atom is -0.497 e. The minimum atomic E-state index is 0.0353. The summed E-state index contributed by atoms with van der Waals surface area (Å²) in [5.41, 5.74) is 2.58. The highest BCUT2D eigenvalue weighted by molar-refractivity contribution is 5.93. The molecule has 1 aromatic heterocycles. The van der Waals surface area contributed by atoms with E-state index in [0.717, 1.165) is 22.6 Å². The lowest BCUT2D eigenvalue weighted by Gasteiger charge is -2.23. The summed E-state index contributed by atoms with van der Waals surface area (Å²) in [5.74, 6) is 1.29. The molecular formula is C18H19N5O2. The van der Waals surface area contributed by atoms with Crippen LogP contribution in [0.4, 0.5) is 5.69 Å². The van der Waals surface area contributed by atoms with Crippen LogP contribution < -0.4 is 9.64 Å². The van der Waals surface area contributed by atoms with Crippen molar-refractivity contribution in [2.45, 2.75) is 19.9 Å². The molecule has 0 spiro atoms. The molecule has 3 rings (SSSR count). The van der Waals surface area contributed by atoms with Crippen LogP contribution in [0.15, 0.2) is 48.5 Å². The van der Waals surface area contributed by atoms with Crippen molar-refractivity contribution in [3.8, 4) is 17.1 Å². The van der Waals surface area contributed by atoms with Crippen LogP contribution in [0, 0.1) is 0 Å². The Kier molecular flexibility index (Phi) is 5.03. The van der Waals surface area contributed by atoms with E-state index in [1.165, 1.54) is 0 Å². The molecule has 0 radical (unpaired) electrons. The summed E-state index contributed by atoms with van der Waals surface area (Å²) in [6, 6.07) is 15.2. The largest absolute Gasteiger partial charge is 0.497 e. The fourth-order valence-corrected chi connectivity index (χ4v) is 2.56. The summed E-state index contributed by atoms with van der Waals surface area (Å²) >= 11 is 0. The van der Waals surface area contributed by atoms with E-state index in [1.54, 1.807) is 12.0 Å². The minimum absolute atomic E-state index is 0.0353. The van der Waals surface area contributed by atoms with Crippen molar-refractivity contribution in [1.82, 2.24) is 20.6 Å². The van der Waals surface area contributed by atoms with Crippen molar-refractivity contribution in [3.63, 3.8) is 0 Å². The lowest BCUT2D eigenvalue weighted by atomic mass is 10.1. The Balaban J connectivity index is 1.93. The zero-order valence-corrected chi connectivity index (χ0v) is 14.1. The van der Waals surface area contributed by atoms with Gasteiger partial charge in [0.15, 0.2) is 0 Å². The maximum Gasteiger partial charge on any atom is 0.227 e. The Morgan fingerprint density at radius 1 is 1.20 bits per heavy atom. The van der Waals surface area contributed by atoms with Gasteiger partial charge in [-0.05, 0) is 35.0 Å². The van der Waals surface area contributed by atoms with Crippen molar-refractivity contribution in [3.05, 3.63) is 54.1 Å². The van der Waals surface area contributed by atoms with E-state index in [9.17, 15) is 4.79 Å². The number of aromatic nitrogens is 4. The molecule has 0 saturated carbocycles. The van der Waals surface area contributed by atoms with Gasteiger partial charge in [-0.2, -0.15) is 5.21 Å². The molecule has 1 heterocycles. The fourth-order valence-electron chi connectivity index (χ4n) is 2.56. The number of ether oxygens (including phenoxy) is 1. The van der Waals surface area contributed by atoms with Gasteiger partial charge in [0.05, 0.1) is 13.7 Å². The summed E-state index contributed by atoms with van der Waals surface area (Å²) < 4.78 is 5.27. The maximum absolute atomic E-state index is 12.5. The molecule has 25 heavy (non-hydrogen) atoms. The van der Waals surface area contributed by atoms with Crippen LogP contribution in [-0.2, 0) is 11.3 Å². The highest BCUT2D eigenvalue weighted by atomic mass is 16.5. The Hall–Kier alpha value is -3.22. The number of hydrogen-bond acceptors (Lipinski definition) is 5. The molecule has 0 atom stereocenters. The van der Waals surface area contributed by atoms with Gasteiger partial charge < -0.3 is 9.64 Å². The Bertz CT molecular complexity index is 848. The number of rotatable bonds is 6. The number of anilines is 1. The topological polar surface area (TPSA) is 84.0 Å². The first-order valence-corrected chi connectivity index (χ1v) is 7.98. The van der Waals surface area contributed by atoms with Gasteiger partial charge in [-0.3, -0.25) is 4.79 Å². The standard InChI is InChI=1S/C18H19N5O2/c1-3-17(24)23(12-13-6-4-9-16(10-13)25-2)15-8-5-7-14(11-15)18-19-21-22-20-18/h4-11H,3,12H2,1-2H3,(H,19,20,21,22). The van der Waals surface area contributed by atoms with Gasteiger partial charge >= 0.3 is 0 Å². The average Bonchev–Trinajstić information content (AvgIpc) is 3.20. The molecule has 0 fully saturated rings. The van der Waals surface area contributed by atoms with Crippen LogP contribution >= 0.6 is 0 Å². The van der Waals surface area contributed by atoms with Crippen LogP contribution in [-0.4, -0.2) is 33.6 Å². The SMILES string of the molecule is CCC(=O)N(Cc1cccc(OC)c1)c1cccc(-c2nn[nH]n2)c1. The number of nitrogens with one attached hydrogen (secondary N) is 1. The molecule has 2 aromatic carbocycles. The van der Waals surface area contributed by atoms with Crippen molar-refractivity contribution in [2.75, 3.05) is 12.0 Å². The Labute approximate surface area is 145 Å². The first kappa shape index (κ1) is 16.6. The number of carbonyl (C=O) groups is 1. The van der Waals surface area contributed by atoms with Gasteiger partial charge in [0.25, 0.3) is 0 Å². The Morgan fingerprint density at radius 3 is 2.76 bits per heavy atom. The summed E-state index contributed by atoms with van der Waals surface area (Å²) in [7, 11) is 1.63. The number of aromatic amines is 1. The van der Waals surface area contributed by atoms with E-state index in [-0.39, 0.29) is 5.91 Å². The third kappa shape index (κ3) is 3.82. The van der Waals surface area contributed by atoms with E-state index in [2.05, 4.69) is 20.6 Å². The van der Waals surface area contributed by atoms with Gasteiger partial charge in [0.1, 0.15) is 5.75 Å². The highest BCUT2D eigenvalue weighted by Gasteiger charge is 2.16. The first-order valence-electron chi connectivity index (χ1n) is 7.98. The third-order valence-corrected chi connectivity index (χ3v) is 3.84. The Morgan fingerprint density at radius 2 is 2.04 bits per heavy atom. The number of amides is 1. The molecule has 0 bridgehead atoms. The van der Waals surface area contributed by atoms with Crippen molar-refractivity contribution in [1.29, 1.82) is 0 Å². The van der Waals surface area contributed by atoms with Crippen molar-refractivity contribution >= 4 is 11.6 Å². The number of tetrazole rings is 1. The number of hydrogen-bond donors (Lipinski definition) is 1. The number of nitrogens with zero attached hydrogens (tertiary/aromatic N) is 4. The fraction of sp³-hybridized carbons (Fsp3) is 0.222. The molecule has 0 saturated heterocycles. The quantitative estimate of drug-likeness (QED) is 0.748. The second kappa shape index (κ2) is 7.57. The lowest BCUT2D eigenvalue weighted by molar-refractivity contribution is -0.118. The zero-order valence-electron chi connectivity index (χ0n) is 14.1. The van der Waals surface area contributed by atoms with Crippen LogP contribution in [0.1, 0.15) is 18.9 Å². The van der Waals surface area contributed by atoms with Gasteiger partial charge in [0.2, 0.25) is 11.7 Å². The molecule has 0 unspecified atom stereocenters. The third-order valence-electron chi connectivity index (χ3n) is 3.84. The molecule has 1 N–H and O–H groups in total. The van der Waals surface area contributed by atoms with Crippen molar-refractivity contribution in [2.24, 2.45) is 0 Å². The summed E-state index contributed by atoms with van der Waals surface area (Å²) in [4.78, 5) is 14.3. The second-order valence-corrected chi connectivity index (χ2v) is 5.47. The lowest BCUT2D eigenvalue weighted by Crippen LogP contribution is -2.29. The van der Waals surface area contributed by atoms with Crippen LogP contribution in [0.25, 0.3) is 11.4 Å². The van der Waals surface area contributed by atoms with Gasteiger partial charge in [-0.15, -0.1) is 10.2 Å². The molecular weight excluding hydrogens is 318 g/mol. The number of methoxy groups -OCH3 is 1. The van der Waals surface area contributed by atoms with Crippen molar-refractivity contribution < 1.29 is 9.53 Å². The average molecular weight is 337 g/mol. The maximum atomic E-state index is 12.5. The van der Waals surface area contributed by atoms with E-state index in [1.807, 2.05) is 55.5 Å². The molecule has 3 aromatic rings. The number of carbonyl (C=O) groups excluding carboxylic acids is 1. The summed E-state index contributed by atoms with van der Waals surface area (Å²) in [5, 5.41) is 14.0. The number of H-pyrrole nitrogens is 1. The summed E-state index contributed by atoms with van der Waals surface area (Å²) in [6.07, 6.45) is 0.413. The molecule has 7 heteroatoms. The van der Waals surface area contributed by atoms with Gasteiger partial charge in [-0.25, -0.2) is 0 Å². The van der Waals surface area contributed by atoms with E-state index in [0.29, 0.717) is 18.8 Å². The van der Waals surface area contributed by atoms with Crippen LogP contribution in [0.5, 0.6) is 5.75 Å². The predicted molar refractivity (Wildman–Crippen MR) is 94.1 cm³/mol.